The second kappa shape index (κ2) is 5.58. The lowest BCUT2D eigenvalue weighted by molar-refractivity contribution is 0.383. The van der Waals surface area contributed by atoms with Gasteiger partial charge in [0.2, 0.25) is 0 Å². The summed E-state index contributed by atoms with van der Waals surface area (Å²) in [5, 5.41) is 3.42. The maximum Gasteiger partial charge on any atom is -0.00232 e. The van der Waals surface area contributed by atoms with Gasteiger partial charge in [0.15, 0.2) is 0 Å². The molecule has 1 fully saturated rings. The largest absolute Gasteiger partial charge is 0.317 e. The molecule has 1 saturated carbocycles. The van der Waals surface area contributed by atoms with E-state index in [1.54, 1.807) is 0 Å². The average molecular weight is 169 g/mol. The normalized spacial score (nSPS) is 21.5. The Morgan fingerprint density at radius 1 is 1.33 bits per heavy atom. The highest BCUT2D eigenvalue weighted by atomic mass is 14.8. The monoisotopic (exact) mass is 169 g/mol. The Morgan fingerprint density at radius 2 is 2.00 bits per heavy atom. The van der Waals surface area contributed by atoms with Gasteiger partial charge in [-0.15, -0.1) is 0 Å². The summed E-state index contributed by atoms with van der Waals surface area (Å²) in [5.41, 5.74) is 0. The number of rotatable bonds is 5. The van der Waals surface area contributed by atoms with E-state index in [1.807, 2.05) is 0 Å². The SMILES string of the molecule is CCNCC(C)CC1CCCC1. The number of hydrogen-bond donors (Lipinski definition) is 1. The molecule has 1 rings (SSSR count). The first-order chi connectivity index (χ1) is 5.83. The molecule has 1 atom stereocenters. The van der Waals surface area contributed by atoms with Gasteiger partial charge in [0.25, 0.3) is 0 Å². The van der Waals surface area contributed by atoms with Crippen molar-refractivity contribution in [2.75, 3.05) is 13.1 Å². The van der Waals surface area contributed by atoms with E-state index in [4.69, 9.17) is 0 Å². The van der Waals surface area contributed by atoms with Crippen molar-refractivity contribution in [3.05, 3.63) is 0 Å². The van der Waals surface area contributed by atoms with Crippen molar-refractivity contribution in [2.45, 2.75) is 46.0 Å². The average Bonchev–Trinajstić information content (AvgIpc) is 2.53. The molecule has 0 saturated heterocycles. The van der Waals surface area contributed by atoms with E-state index in [0.29, 0.717) is 0 Å². The maximum absolute atomic E-state index is 3.42. The molecule has 0 aromatic heterocycles. The molecule has 0 heterocycles. The van der Waals surface area contributed by atoms with Crippen LogP contribution in [0.3, 0.4) is 0 Å². The minimum absolute atomic E-state index is 0.882. The van der Waals surface area contributed by atoms with Gasteiger partial charge in [-0.05, 0) is 31.3 Å². The summed E-state index contributed by atoms with van der Waals surface area (Å²) in [7, 11) is 0. The van der Waals surface area contributed by atoms with E-state index in [-0.39, 0.29) is 0 Å². The van der Waals surface area contributed by atoms with Gasteiger partial charge in [0.05, 0.1) is 0 Å². The van der Waals surface area contributed by atoms with E-state index < -0.39 is 0 Å². The van der Waals surface area contributed by atoms with Gasteiger partial charge in [-0.3, -0.25) is 0 Å². The number of nitrogens with one attached hydrogen (secondary N) is 1. The first kappa shape index (κ1) is 10.0. The zero-order valence-corrected chi connectivity index (χ0v) is 8.60. The van der Waals surface area contributed by atoms with Gasteiger partial charge in [-0.25, -0.2) is 0 Å². The van der Waals surface area contributed by atoms with Crippen LogP contribution < -0.4 is 5.32 Å². The van der Waals surface area contributed by atoms with Gasteiger partial charge in [-0.2, -0.15) is 0 Å². The van der Waals surface area contributed by atoms with E-state index in [9.17, 15) is 0 Å². The maximum atomic E-state index is 3.42. The summed E-state index contributed by atoms with van der Waals surface area (Å²) >= 11 is 0. The van der Waals surface area contributed by atoms with Crippen molar-refractivity contribution >= 4 is 0 Å². The Balaban J connectivity index is 2.03. The highest BCUT2D eigenvalue weighted by Gasteiger charge is 2.17. The minimum atomic E-state index is 0.882. The first-order valence-corrected chi connectivity index (χ1v) is 5.53. The standard InChI is InChI=1S/C11H23N/c1-3-12-9-10(2)8-11-6-4-5-7-11/h10-12H,3-9H2,1-2H3. The lowest BCUT2D eigenvalue weighted by Crippen LogP contribution is -2.21. The van der Waals surface area contributed by atoms with Crippen LogP contribution in [0.1, 0.15) is 46.0 Å². The zero-order valence-electron chi connectivity index (χ0n) is 8.60. The van der Waals surface area contributed by atoms with Crippen molar-refractivity contribution in [1.82, 2.24) is 5.32 Å². The quantitative estimate of drug-likeness (QED) is 0.667. The summed E-state index contributed by atoms with van der Waals surface area (Å²) in [6.45, 7) is 6.89. The molecule has 0 amide bonds. The zero-order chi connectivity index (χ0) is 8.81. The second-order valence-corrected chi connectivity index (χ2v) is 4.30. The van der Waals surface area contributed by atoms with Gasteiger partial charge >= 0.3 is 0 Å². The van der Waals surface area contributed by atoms with Crippen molar-refractivity contribution in [3.8, 4) is 0 Å². The fourth-order valence-corrected chi connectivity index (χ4v) is 2.29. The van der Waals surface area contributed by atoms with Crippen LogP contribution in [0.2, 0.25) is 0 Å². The Hall–Kier alpha value is -0.0400. The Morgan fingerprint density at radius 3 is 2.58 bits per heavy atom. The molecule has 1 aliphatic carbocycles. The van der Waals surface area contributed by atoms with Gasteiger partial charge in [-0.1, -0.05) is 39.5 Å². The Labute approximate surface area is 76.9 Å². The van der Waals surface area contributed by atoms with E-state index in [1.165, 1.54) is 38.6 Å². The third kappa shape index (κ3) is 3.57. The van der Waals surface area contributed by atoms with E-state index in [0.717, 1.165) is 18.4 Å². The molecular weight excluding hydrogens is 146 g/mol. The molecule has 0 bridgehead atoms. The summed E-state index contributed by atoms with van der Waals surface area (Å²) < 4.78 is 0. The highest BCUT2D eigenvalue weighted by molar-refractivity contribution is 4.70. The van der Waals surface area contributed by atoms with Gasteiger partial charge in [0, 0.05) is 0 Å². The third-order valence-corrected chi connectivity index (χ3v) is 2.95. The molecule has 0 radical (unpaired) electrons. The van der Waals surface area contributed by atoms with Gasteiger partial charge < -0.3 is 5.32 Å². The molecule has 1 nitrogen and oxygen atoms in total. The summed E-state index contributed by atoms with van der Waals surface area (Å²) in [6, 6.07) is 0. The van der Waals surface area contributed by atoms with E-state index in [2.05, 4.69) is 19.2 Å². The molecule has 12 heavy (non-hydrogen) atoms. The summed E-state index contributed by atoms with van der Waals surface area (Å²) in [4.78, 5) is 0. The topological polar surface area (TPSA) is 12.0 Å². The van der Waals surface area contributed by atoms with Crippen LogP contribution in [-0.2, 0) is 0 Å². The fourth-order valence-electron chi connectivity index (χ4n) is 2.29. The highest BCUT2D eigenvalue weighted by Crippen LogP contribution is 2.29. The number of hydrogen-bond acceptors (Lipinski definition) is 1. The molecule has 1 unspecified atom stereocenters. The van der Waals surface area contributed by atoms with E-state index >= 15 is 0 Å². The van der Waals surface area contributed by atoms with Crippen molar-refractivity contribution in [1.29, 1.82) is 0 Å². The van der Waals surface area contributed by atoms with Crippen LogP contribution in [-0.4, -0.2) is 13.1 Å². The van der Waals surface area contributed by atoms with Crippen LogP contribution in [0.5, 0.6) is 0 Å². The van der Waals surface area contributed by atoms with Crippen LogP contribution in [0, 0.1) is 11.8 Å². The molecule has 1 heteroatoms. The molecule has 0 aromatic rings. The third-order valence-electron chi connectivity index (χ3n) is 2.95. The van der Waals surface area contributed by atoms with Crippen LogP contribution in [0.4, 0.5) is 0 Å². The minimum Gasteiger partial charge on any atom is -0.317 e. The molecule has 0 aliphatic heterocycles. The molecule has 1 N–H and O–H groups in total. The summed E-state index contributed by atoms with van der Waals surface area (Å²) in [6.07, 6.45) is 7.41. The van der Waals surface area contributed by atoms with Crippen molar-refractivity contribution in [2.24, 2.45) is 11.8 Å². The second-order valence-electron chi connectivity index (χ2n) is 4.30. The molecule has 0 aromatic carbocycles. The molecular formula is C11H23N. The van der Waals surface area contributed by atoms with Gasteiger partial charge in [0.1, 0.15) is 0 Å². The molecule has 0 spiro atoms. The lowest BCUT2D eigenvalue weighted by atomic mass is 9.94. The first-order valence-electron chi connectivity index (χ1n) is 5.53. The van der Waals surface area contributed by atoms with Crippen LogP contribution in [0.15, 0.2) is 0 Å². The van der Waals surface area contributed by atoms with Crippen molar-refractivity contribution < 1.29 is 0 Å². The fraction of sp³-hybridized carbons (Fsp3) is 1.00. The van der Waals surface area contributed by atoms with Crippen molar-refractivity contribution in [3.63, 3.8) is 0 Å². The lowest BCUT2D eigenvalue weighted by Gasteiger charge is -2.16. The predicted octanol–water partition coefficient (Wildman–Crippen LogP) is 2.81. The smallest absolute Gasteiger partial charge is 0.00232 e. The van der Waals surface area contributed by atoms with Crippen LogP contribution in [0.25, 0.3) is 0 Å². The van der Waals surface area contributed by atoms with Crippen LogP contribution >= 0.6 is 0 Å². The Kier molecular flexibility index (Phi) is 4.67. The molecule has 72 valence electrons. The summed E-state index contributed by atoms with van der Waals surface area (Å²) in [5.74, 6) is 1.94. The molecule has 1 aliphatic rings. The Bertz CT molecular complexity index is 106. The predicted molar refractivity (Wildman–Crippen MR) is 54.3 cm³/mol.